The molecule has 3 rings (SSSR count). The highest BCUT2D eigenvalue weighted by Crippen LogP contribution is 2.47. The second-order valence-electron chi connectivity index (χ2n) is 5.42. The van der Waals surface area contributed by atoms with E-state index in [-0.39, 0.29) is 12.4 Å². The average Bonchev–Trinajstić information content (AvgIpc) is 2.72. The molecule has 0 aromatic heterocycles. The molecule has 0 atom stereocenters. The maximum atomic E-state index is 5.52. The Morgan fingerprint density at radius 2 is 1.85 bits per heavy atom. The number of ether oxygens (including phenoxy) is 1. The van der Waals surface area contributed by atoms with E-state index in [4.69, 9.17) is 9.15 Å². The van der Waals surface area contributed by atoms with Crippen LogP contribution in [0.1, 0.15) is 35.4 Å². The van der Waals surface area contributed by atoms with Crippen LogP contribution >= 0.6 is 12.4 Å². The molecule has 0 amide bonds. The minimum absolute atomic E-state index is 0. The average molecular weight is 296 g/mol. The van der Waals surface area contributed by atoms with Gasteiger partial charge in [0.25, 0.3) is 0 Å². The summed E-state index contributed by atoms with van der Waals surface area (Å²) in [6.45, 7) is 6.62. The summed E-state index contributed by atoms with van der Waals surface area (Å²) in [7, 11) is 1.72. The van der Waals surface area contributed by atoms with E-state index in [1.165, 1.54) is 40.7 Å². The lowest BCUT2D eigenvalue weighted by Gasteiger charge is -2.24. The first kappa shape index (κ1) is 15.2. The van der Waals surface area contributed by atoms with Crippen LogP contribution in [0.2, 0.25) is 0 Å². The van der Waals surface area contributed by atoms with Gasteiger partial charge in [-0.3, -0.25) is 0 Å². The Hall–Kier alpha value is -1.19. The SMILES string of the molecule is COc1cocc2c(C)c(C)c(C3CCNCC3)c1-2.Cl. The maximum absolute atomic E-state index is 5.52. The fraction of sp³-hybridized carbons (Fsp3) is 0.500. The van der Waals surface area contributed by atoms with Crippen molar-refractivity contribution in [2.45, 2.75) is 32.6 Å². The van der Waals surface area contributed by atoms with Crippen LogP contribution in [-0.4, -0.2) is 20.2 Å². The van der Waals surface area contributed by atoms with E-state index in [0.717, 1.165) is 18.8 Å². The van der Waals surface area contributed by atoms with E-state index >= 15 is 0 Å². The van der Waals surface area contributed by atoms with Crippen LogP contribution < -0.4 is 10.1 Å². The number of halogens is 1. The van der Waals surface area contributed by atoms with Gasteiger partial charge in [-0.25, -0.2) is 0 Å². The summed E-state index contributed by atoms with van der Waals surface area (Å²) in [6.07, 6.45) is 5.97. The molecule has 3 nitrogen and oxygen atoms in total. The Morgan fingerprint density at radius 1 is 1.15 bits per heavy atom. The Labute approximate surface area is 126 Å². The third kappa shape index (κ3) is 2.29. The summed E-state index contributed by atoms with van der Waals surface area (Å²) >= 11 is 0. The molecule has 1 N–H and O–H groups in total. The first-order valence-electron chi connectivity index (χ1n) is 6.97. The third-order valence-corrected chi connectivity index (χ3v) is 4.48. The topological polar surface area (TPSA) is 34.4 Å². The second kappa shape index (κ2) is 6.06. The first-order valence-corrected chi connectivity index (χ1v) is 6.97. The van der Waals surface area contributed by atoms with Gasteiger partial charge >= 0.3 is 0 Å². The summed E-state index contributed by atoms with van der Waals surface area (Å²) in [4.78, 5) is 0. The van der Waals surface area contributed by atoms with Crippen molar-refractivity contribution in [3.05, 3.63) is 29.2 Å². The first-order chi connectivity index (χ1) is 9.24. The zero-order valence-electron chi connectivity index (χ0n) is 12.3. The lowest BCUT2D eigenvalue weighted by atomic mass is 9.87. The van der Waals surface area contributed by atoms with Crippen molar-refractivity contribution in [3.8, 4) is 16.9 Å². The maximum Gasteiger partial charge on any atom is 0.162 e. The molecule has 20 heavy (non-hydrogen) atoms. The fourth-order valence-corrected chi connectivity index (χ4v) is 3.33. The van der Waals surface area contributed by atoms with Crippen molar-refractivity contribution >= 4 is 12.4 Å². The number of hydrogen-bond donors (Lipinski definition) is 1. The molecule has 2 aliphatic heterocycles. The van der Waals surface area contributed by atoms with Gasteiger partial charge in [0.15, 0.2) is 5.75 Å². The summed E-state index contributed by atoms with van der Waals surface area (Å²) in [5.74, 6) is 1.50. The van der Waals surface area contributed by atoms with Gasteiger partial charge < -0.3 is 14.5 Å². The van der Waals surface area contributed by atoms with E-state index in [9.17, 15) is 0 Å². The predicted molar refractivity (Wildman–Crippen MR) is 83.4 cm³/mol. The predicted octanol–water partition coefficient (Wildman–Crippen LogP) is 3.90. The number of nitrogens with one attached hydrogen (secondary N) is 1. The van der Waals surface area contributed by atoms with Crippen LogP contribution in [0.3, 0.4) is 0 Å². The lowest BCUT2D eigenvalue weighted by Crippen LogP contribution is -2.26. The molecule has 1 aliphatic carbocycles. The zero-order chi connectivity index (χ0) is 13.4. The molecule has 3 aliphatic rings. The van der Waals surface area contributed by atoms with Crippen molar-refractivity contribution in [1.82, 2.24) is 5.32 Å². The Kier molecular flexibility index (Phi) is 4.61. The molecule has 2 heterocycles. The van der Waals surface area contributed by atoms with Gasteiger partial charge in [-0.2, -0.15) is 0 Å². The molecule has 0 aromatic rings. The molecule has 0 radical (unpaired) electrons. The molecule has 0 saturated carbocycles. The minimum atomic E-state index is 0. The van der Waals surface area contributed by atoms with Crippen molar-refractivity contribution in [1.29, 1.82) is 0 Å². The largest absolute Gasteiger partial charge is 0.493 e. The van der Waals surface area contributed by atoms with E-state index < -0.39 is 0 Å². The van der Waals surface area contributed by atoms with Gasteiger partial charge in [0.05, 0.1) is 13.4 Å². The van der Waals surface area contributed by atoms with Gasteiger partial charge in [0, 0.05) is 11.1 Å². The Morgan fingerprint density at radius 3 is 2.50 bits per heavy atom. The zero-order valence-corrected chi connectivity index (χ0v) is 13.1. The number of rotatable bonds is 2. The molecule has 0 unspecified atom stereocenters. The Balaban J connectivity index is 0.00000147. The normalized spacial score (nSPS) is 16.1. The van der Waals surface area contributed by atoms with E-state index in [1.54, 1.807) is 13.4 Å². The van der Waals surface area contributed by atoms with Gasteiger partial charge in [-0.1, -0.05) is 0 Å². The summed E-state index contributed by atoms with van der Waals surface area (Å²) in [5.41, 5.74) is 6.66. The summed E-state index contributed by atoms with van der Waals surface area (Å²) in [6, 6.07) is 0. The lowest BCUT2D eigenvalue weighted by molar-refractivity contribution is 0.391. The molecule has 110 valence electrons. The quantitative estimate of drug-likeness (QED) is 0.912. The molecule has 4 heteroatoms. The van der Waals surface area contributed by atoms with Crippen molar-refractivity contribution in [2.75, 3.05) is 20.2 Å². The third-order valence-electron chi connectivity index (χ3n) is 4.48. The van der Waals surface area contributed by atoms with Gasteiger partial charge in [0.2, 0.25) is 0 Å². The number of hydrogen-bond acceptors (Lipinski definition) is 3. The number of methoxy groups -OCH3 is 1. The highest BCUT2D eigenvalue weighted by molar-refractivity contribution is 5.85. The molecule has 0 aromatic carbocycles. The van der Waals surface area contributed by atoms with Crippen LogP contribution in [0.15, 0.2) is 16.9 Å². The smallest absolute Gasteiger partial charge is 0.162 e. The molecule has 0 spiro atoms. The van der Waals surface area contributed by atoms with Gasteiger partial charge in [-0.05, 0) is 62.4 Å². The fourth-order valence-electron chi connectivity index (χ4n) is 3.33. The van der Waals surface area contributed by atoms with Crippen molar-refractivity contribution in [3.63, 3.8) is 0 Å². The minimum Gasteiger partial charge on any atom is -0.493 e. The van der Waals surface area contributed by atoms with Crippen LogP contribution in [0.5, 0.6) is 5.75 Å². The monoisotopic (exact) mass is 295 g/mol. The standard InChI is InChI=1S/C16H21NO2.ClH/c1-10-11(2)15(12-4-6-17-7-5-12)16-13(10)8-19-9-14(16)18-3;/h8-9,12,17H,4-7H2,1-3H3;1H. The summed E-state index contributed by atoms with van der Waals surface area (Å²) < 4.78 is 10.9. The molecular formula is C16H22ClNO2. The second-order valence-corrected chi connectivity index (χ2v) is 5.42. The molecule has 1 fully saturated rings. The van der Waals surface area contributed by atoms with Crippen LogP contribution in [0.25, 0.3) is 11.1 Å². The van der Waals surface area contributed by atoms with Crippen LogP contribution in [0.4, 0.5) is 0 Å². The molecule has 1 saturated heterocycles. The van der Waals surface area contributed by atoms with Gasteiger partial charge in [-0.15, -0.1) is 12.4 Å². The molecule has 0 bridgehead atoms. The van der Waals surface area contributed by atoms with Crippen molar-refractivity contribution in [2.24, 2.45) is 0 Å². The molecular weight excluding hydrogens is 274 g/mol. The highest BCUT2D eigenvalue weighted by atomic mass is 35.5. The van der Waals surface area contributed by atoms with Crippen LogP contribution in [0, 0.1) is 13.8 Å². The summed E-state index contributed by atoms with van der Waals surface area (Å²) in [5, 5.41) is 3.44. The van der Waals surface area contributed by atoms with E-state index in [2.05, 4.69) is 19.2 Å². The highest BCUT2D eigenvalue weighted by Gasteiger charge is 2.28. The van der Waals surface area contributed by atoms with E-state index in [0.29, 0.717) is 5.92 Å². The number of fused-ring (bicyclic) bond motifs is 1. The van der Waals surface area contributed by atoms with Gasteiger partial charge in [0.1, 0.15) is 6.26 Å². The Bertz CT molecular complexity index is 558. The van der Waals surface area contributed by atoms with Crippen LogP contribution in [-0.2, 0) is 0 Å². The van der Waals surface area contributed by atoms with Crippen molar-refractivity contribution < 1.29 is 9.15 Å². The van der Waals surface area contributed by atoms with E-state index in [1.807, 2.05) is 6.26 Å². The number of piperidine rings is 1.